The summed E-state index contributed by atoms with van der Waals surface area (Å²) in [6.45, 7) is 6.47. The van der Waals surface area contributed by atoms with E-state index in [1.807, 2.05) is 25.1 Å². The van der Waals surface area contributed by atoms with Crippen molar-refractivity contribution >= 4 is 6.08 Å². The molecule has 3 N–H and O–H groups in total. The quantitative estimate of drug-likeness (QED) is 0.546. The number of aromatic hydroxyl groups is 3. The highest BCUT2D eigenvalue weighted by molar-refractivity contribution is 5.84. The van der Waals surface area contributed by atoms with E-state index < -0.39 is 0 Å². The van der Waals surface area contributed by atoms with Gasteiger partial charge >= 0.3 is 0 Å². The van der Waals surface area contributed by atoms with Gasteiger partial charge in [-0.25, -0.2) is 0 Å². The number of ether oxygens (including phenoxy) is 1. The summed E-state index contributed by atoms with van der Waals surface area (Å²) in [5.41, 5.74) is 4.94. The van der Waals surface area contributed by atoms with Crippen LogP contribution >= 0.6 is 0 Å². The summed E-state index contributed by atoms with van der Waals surface area (Å²) in [4.78, 5) is 0. The lowest BCUT2D eigenvalue weighted by Crippen LogP contribution is -2.14. The molecule has 4 rings (SSSR count). The number of rotatable bonds is 1. The first-order valence-electron chi connectivity index (χ1n) is 7.87. The van der Waals surface area contributed by atoms with Crippen LogP contribution in [0.4, 0.5) is 0 Å². The molecule has 0 radical (unpaired) electrons. The summed E-state index contributed by atoms with van der Waals surface area (Å²) >= 11 is 0. The summed E-state index contributed by atoms with van der Waals surface area (Å²) < 4.78 is 5.65. The Morgan fingerprint density at radius 3 is 2.62 bits per heavy atom. The third kappa shape index (κ3) is 1.99. The minimum atomic E-state index is -0.175. The van der Waals surface area contributed by atoms with E-state index in [0.29, 0.717) is 24.3 Å². The van der Waals surface area contributed by atoms with Crippen LogP contribution in [0.15, 0.2) is 36.4 Å². The second-order valence-corrected chi connectivity index (χ2v) is 6.41. The maximum absolute atomic E-state index is 10.9. The van der Waals surface area contributed by atoms with Crippen LogP contribution in [0.5, 0.6) is 23.0 Å². The number of phenolic OH excluding ortho intramolecular Hbond substituents is 3. The zero-order valence-corrected chi connectivity index (χ0v) is 13.3. The van der Waals surface area contributed by atoms with Crippen molar-refractivity contribution in [2.45, 2.75) is 19.3 Å². The van der Waals surface area contributed by atoms with Gasteiger partial charge in [0.05, 0.1) is 5.56 Å². The monoisotopic (exact) mass is 322 g/mol. The van der Waals surface area contributed by atoms with Crippen LogP contribution in [-0.2, 0) is 6.42 Å². The zero-order chi connectivity index (χ0) is 17.0. The SMILES string of the molecule is C=C(C)[C@@H]1Cc2cc(O)c(O)cc2-c2cc3c(c(O)c21)C=CCO3. The predicted molar refractivity (Wildman–Crippen MR) is 92.7 cm³/mol. The van der Waals surface area contributed by atoms with E-state index >= 15 is 0 Å². The van der Waals surface area contributed by atoms with Gasteiger partial charge in [0.25, 0.3) is 0 Å². The van der Waals surface area contributed by atoms with E-state index in [1.54, 1.807) is 12.1 Å². The Balaban J connectivity index is 2.06. The molecular weight excluding hydrogens is 304 g/mol. The summed E-state index contributed by atoms with van der Waals surface area (Å²) in [6.07, 6.45) is 4.35. The molecule has 2 aromatic rings. The average Bonchev–Trinajstić information content (AvgIpc) is 2.56. The van der Waals surface area contributed by atoms with Crippen LogP contribution in [-0.4, -0.2) is 21.9 Å². The van der Waals surface area contributed by atoms with Gasteiger partial charge in [-0.1, -0.05) is 12.2 Å². The first-order chi connectivity index (χ1) is 11.5. The minimum Gasteiger partial charge on any atom is -0.507 e. The van der Waals surface area contributed by atoms with Crippen molar-refractivity contribution in [1.29, 1.82) is 0 Å². The van der Waals surface area contributed by atoms with Gasteiger partial charge in [-0.15, -0.1) is 0 Å². The molecule has 2 aromatic carbocycles. The molecule has 0 saturated heterocycles. The maximum Gasteiger partial charge on any atom is 0.158 e. The zero-order valence-electron chi connectivity index (χ0n) is 13.3. The van der Waals surface area contributed by atoms with E-state index in [4.69, 9.17) is 4.74 Å². The molecule has 0 fully saturated rings. The standard InChI is InChI=1S/C20H18O4/c1-10(2)13-6-11-7-16(21)17(22)8-14(11)15-9-18-12(4-3-5-24-18)20(23)19(13)15/h3-4,7-9,13,21-23H,1,5-6H2,2H3/t13-/m0/s1. The second-order valence-electron chi connectivity index (χ2n) is 6.41. The molecule has 2 aliphatic rings. The van der Waals surface area contributed by atoms with E-state index in [0.717, 1.165) is 27.8 Å². The van der Waals surface area contributed by atoms with Gasteiger partial charge in [0, 0.05) is 11.5 Å². The average molecular weight is 322 g/mol. The molecule has 1 atom stereocenters. The Kier molecular flexibility index (Phi) is 3.10. The van der Waals surface area contributed by atoms with Crippen molar-refractivity contribution in [3.63, 3.8) is 0 Å². The fraction of sp³-hybridized carbons (Fsp3) is 0.200. The van der Waals surface area contributed by atoms with Crippen molar-refractivity contribution < 1.29 is 20.1 Å². The first-order valence-corrected chi connectivity index (χ1v) is 7.87. The molecule has 0 bridgehead atoms. The molecule has 0 aromatic heterocycles. The highest BCUT2D eigenvalue weighted by Crippen LogP contribution is 2.52. The summed E-state index contributed by atoms with van der Waals surface area (Å²) in [5, 5.41) is 30.6. The Bertz CT molecular complexity index is 909. The van der Waals surface area contributed by atoms with Crippen molar-refractivity contribution in [2.75, 3.05) is 6.61 Å². The number of fused-ring (bicyclic) bond motifs is 4. The molecule has 0 spiro atoms. The van der Waals surface area contributed by atoms with Gasteiger partial charge in [-0.3, -0.25) is 0 Å². The number of hydrogen-bond donors (Lipinski definition) is 3. The van der Waals surface area contributed by atoms with Crippen LogP contribution < -0.4 is 4.74 Å². The first kappa shape index (κ1) is 14.7. The third-order valence-electron chi connectivity index (χ3n) is 4.82. The number of allylic oxidation sites excluding steroid dienone is 1. The molecule has 122 valence electrons. The van der Waals surface area contributed by atoms with Crippen LogP contribution in [0.3, 0.4) is 0 Å². The Morgan fingerprint density at radius 2 is 1.88 bits per heavy atom. The summed E-state index contributed by atoms with van der Waals surface area (Å²) in [7, 11) is 0. The maximum atomic E-state index is 10.9. The Morgan fingerprint density at radius 1 is 1.12 bits per heavy atom. The van der Waals surface area contributed by atoms with E-state index in [2.05, 4.69) is 6.58 Å². The molecule has 4 heteroatoms. The van der Waals surface area contributed by atoms with Crippen molar-refractivity contribution in [3.8, 4) is 34.1 Å². The molecule has 1 heterocycles. The highest BCUT2D eigenvalue weighted by Gasteiger charge is 2.32. The van der Waals surface area contributed by atoms with Crippen molar-refractivity contribution in [1.82, 2.24) is 0 Å². The van der Waals surface area contributed by atoms with Gasteiger partial charge in [0.1, 0.15) is 18.1 Å². The Hall–Kier alpha value is -2.88. The number of benzene rings is 2. The van der Waals surface area contributed by atoms with Crippen LogP contribution in [0, 0.1) is 0 Å². The topological polar surface area (TPSA) is 69.9 Å². The molecule has 0 amide bonds. The normalized spacial score (nSPS) is 17.5. The van der Waals surface area contributed by atoms with E-state index in [-0.39, 0.29) is 23.2 Å². The van der Waals surface area contributed by atoms with Gasteiger partial charge < -0.3 is 20.1 Å². The second kappa shape index (κ2) is 5.06. The van der Waals surface area contributed by atoms with Crippen LogP contribution in [0.2, 0.25) is 0 Å². The summed E-state index contributed by atoms with van der Waals surface area (Å²) in [6, 6.07) is 5.03. The largest absolute Gasteiger partial charge is 0.507 e. The predicted octanol–water partition coefficient (Wildman–Crippen LogP) is 4.09. The van der Waals surface area contributed by atoms with Crippen molar-refractivity contribution in [3.05, 3.63) is 53.1 Å². The molecule has 0 unspecified atom stereocenters. The summed E-state index contributed by atoms with van der Waals surface area (Å²) in [5.74, 6) is 0.446. The minimum absolute atomic E-state index is 0.0583. The molecule has 4 nitrogen and oxygen atoms in total. The molecule has 1 aliphatic heterocycles. The lowest BCUT2D eigenvalue weighted by atomic mass is 9.74. The van der Waals surface area contributed by atoms with Gasteiger partial charge in [-0.2, -0.15) is 0 Å². The third-order valence-corrected chi connectivity index (χ3v) is 4.82. The van der Waals surface area contributed by atoms with Crippen LogP contribution in [0.25, 0.3) is 17.2 Å². The van der Waals surface area contributed by atoms with Crippen LogP contribution in [0.1, 0.15) is 29.5 Å². The lowest BCUT2D eigenvalue weighted by molar-refractivity contribution is 0.353. The lowest BCUT2D eigenvalue weighted by Gasteiger charge is -2.31. The van der Waals surface area contributed by atoms with E-state index in [1.165, 1.54) is 0 Å². The molecular formula is C20H18O4. The fourth-order valence-electron chi connectivity index (χ4n) is 3.62. The smallest absolute Gasteiger partial charge is 0.158 e. The highest BCUT2D eigenvalue weighted by atomic mass is 16.5. The van der Waals surface area contributed by atoms with Gasteiger partial charge in [-0.05, 0) is 60.4 Å². The fourth-order valence-corrected chi connectivity index (χ4v) is 3.62. The molecule has 1 aliphatic carbocycles. The number of hydrogen-bond acceptors (Lipinski definition) is 4. The van der Waals surface area contributed by atoms with Crippen molar-refractivity contribution in [2.24, 2.45) is 0 Å². The van der Waals surface area contributed by atoms with E-state index in [9.17, 15) is 15.3 Å². The van der Waals surface area contributed by atoms with Gasteiger partial charge in [0.15, 0.2) is 11.5 Å². The number of phenols is 3. The molecule has 24 heavy (non-hydrogen) atoms. The Labute approximate surface area is 140 Å². The molecule has 0 saturated carbocycles. The van der Waals surface area contributed by atoms with Gasteiger partial charge in [0.2, 0.25) is 0 Å².